The number of hydrogen-bond acceptors (Lipinski definition) is 5. The van der Waals surface area contributed by atoms with Gasteiger partial charge in [-0.15, -0.1) is 0 Å². The number of carbonyl (C=O) groups excluding carboxylic acids is 1. The minimum absolute atomic E-state index is 0.00334. The van der Waals surface area contributed by atoms with Crippen LogP contribution in [0.3, 0.4) is 0 Å². The van der Waals surface area contributed by atoms with E-state index in [-0.39, 0.29) is 10.7 Å². The number of halogens is 2. The lowest BCUT2D eigenvalue weighted by Crippen LogP contribution is -2.00. The quantitative estimate of drug-likeness (QED) is 0.549. The summed E-state index contributed by atoms with van der Waals surface area (Å²) in [7, 11) is 1.47. The second-order valence-corrected chi connectivity index (χ2v) is 5.09. The van der Waals surface area contributed by atoms with Crippen LogP contribution >= 0.6 is 11.6 Å². The van der Waals surface area contributed by atoms with Crippen LogP contribution in [-0.2, 0) is 0 Å². The molecule has 0 fully saturated rings. The number of aldehydes is 1. The summed E-state index contributed by atoms with van der Waals surface area (Å²) in [4.78, 5) is 19.4. The van der Waals surface area contributed by atoms with E-state index in [4.69, 9.17) is 16.3 Å². The Bertz CT molecular complexity index is 904. The molecule has 0 radical (unpaired) electrons. The van der Waals surface area contributed by atoms with Gasteiger partial charge in [0.05, 0.1) is 28.9 Å². The summed E-state index contributed by atoms with van der Waals surface area (Å²) in [6.07, 6.45) is 2.02. The van der Waals surface area contributed by atoms with Crippen LogP contribution < -0.4 is 10.1 Å². The maximum absolute atomic E-state index is 14.0. The number of nitrogens with one attached hydrogen (secondary N) is 1. The zero-order chi connectivity index (χ0) is 20.4. The molecule has 0 amide bonds. The fourth-order valence-corrected chi connectivity index (χ4v) is 2.37. The van der Waals surface area contributed by atoms with Crippen molar-refractivity contribution in [2.75, 3.05) is 12.4 Å². The van der Waals surface area contributed by atoms with Gasteiger partial charge >= 0.3 is 0 Å². The van der Waals surface area contributed by atoms with Crippen LogP contribution in [0.1, 0.15) is 38.1 Å². The van der Waals surface area contributed by atoms with Crippen LogP contribution in [0.2, 0.25) is 5.02 Å². The summed E-state index contributed by atoms with van der Waals surface area (Å²) >= 11 is 5.77. The lowest BCUT2D eigenvalue weighted by atomic mass is 10.1. The Hall–Kier alpha value is -2.73. The highest BCUT2D eigenvalue weighted by atomic mass is 35.5. The molecule has 3 rings (SSSR count). The summed E-state index contributed by atoms with van der Waals surface area (Å²) in [5.74, 6) is 0.193. The average Bonchev–Trinajstić information content (AvgIpc) is 2.73. The van der Waals surface area contributed by atoms with Crippen molar-refractivity contribution in [1.29, 1.82) is 0 Å². The number of carbonyl (C=O) groups is 1. The van der Waals surface area contributed by atoms with Crippen molar-refractivity contribution >= 4 is 40.3 Å². The van der Waals surface area contributed by atoms with Gasteiger partial charge in [0.15, 0.2) is 12.1 Å². The van der Waals surface area contributed by atoms with Crippen molar-refractivity contribution in [3.8, 4) is 5.75 Å². The zero-order valence-electron chi connectivity index (χ0n) is 16.0. The van der Waals surface area contributed by atoms with Crippen LogP contribution in [0.25, 0.3) is 10.9 Å². The molecule has 0 spiro atoms. The van der Waals surface area contributed by atoms with Gasteiger partial charge in [-0.25, -0.2) is 14.4 Å². The number of nitrogens with zero attached hydrogens (tertiary/aromatic N) is 2. The third-order valence-electron chi connectivity index (χ3n) is 3.32. The van der Waals surface area contributed by atoms with Gasteiger partial charge in [-0.3, -0.25) is 4.79 Å². The summed E-state index contributed by atoms with van der Waals surface area (Å²) < 4.78 is 19.2. The van der Waals surface area contributed by atoms with Gasteiger partial charge in [0.25, 0.3) is 0 Å². The second kappa shape index (κ2) is 11.1. The summed E-state index contributed by atoms with van der Waals surface area (Å²) in [6, 6.07) is 7.83. The molecule has 0 aliphatic rings. The highest BCUT2D eigenvalue weighted by molar-refractivity contribution is 6.31. The zero-order valence-corrected chi connectivity index (χ0v) is 16.8. The van der Waals surface area contributed by atoms with Gasteiger partial charge in [0, 0.05) is 11.5 Å². The van der Waals surface area contributed by atoms with E-state index in [9.17, 15) is 9.18 Å². The third-order valence-corrected chi connectivity index (χ3v) is 3.61. The minimum atomic E-state index is -0.579. The summed E-state index contributed by atoms with van der Waals surface area (Å²) in [5, 5.41) is 3.45. The smallest absolute Gasteiger partial charge is 0.165 e. The number of ether oxygens (including phenoxy) is 1. The largest absolute Gasteiger partial charge is 0.496 e. The Morgan fingerprint density at radius 2 is 1.85 bits per heavy atom. The van der Waals surface area contributed by atoms with E-state index in [1.807, 2.05) is 27.7 Å². The fourth-order valence-electron chi connectivity index (χ4n) is 2.20. The van der Waals surface area contributed by atoms with Crippen LogP contribution in [0.15, 0.2) is 36.7 Å². The molecule has 1 N–H and O–H groups in total. The maximum atomic E-state index is 14.0. The van der Waals surface area contributed by atoms with E-state index in [0.717, 1.165) is 0 Å². The minimum Gasteiger partial charge on any atom is -0.496 e. The first kappa shape index (κ1) is 22.3. The van der Waals surface area contributed by atoms with Crippen molar-refractivity contribution in [3.05, 3.63) is 53.1 Å². The summed E-state index contributed by atoms with van der Waals surface area (Å²) in [5.41, 5.74) is 1.10. The number of methoxy groups -OCH3 is 1. The fraction of sp³-hybridized carbons (Fsp3) is 0.250. The van der Waals surface area contributed by atoms with Crippen molar-refractivity contribution in [2.45, 2.75) is 27.7 Å². The predicted molar refractivity (Wildman–Crippen MR) is 109 cm³/mol. The molecule has 27 heavy (non-hydrogen) atoms. The Morgan fingerprint density at radius 1 is 1.15 bits per heavy atom. The number of fused-ring (bicyclic) bond motifs is 1. The molecule has 3 aromatic rings. The van der Waals surface area contributed by atoms with Crippen molar-refractivity contribution in [3.63, 3.8) is 0 Å². The monoisotopic (exact) mass is 391 g/mol. The molecular formula is C20H23ClFN3O2. The topological polar surface area (TPSA) is 64.1 Å². The molecule has 5 nitrogen and oxygen atoms in total. The number of aromatic nitrogens is 2. The van der Waals surface area contributed by atoms with E-state index >= 15 is 0 Å². The number of benzene rings is 2. The molecule has 0 saturated heterocycles. The van der Waals surface area contributed by atoms with Gasteiger partial charge in [-0.05, 0) is 18.2 Å². The molecule has 0 aliphatic carbocycles. The van der Waals surface area contributed by atoms with Gasteiger partial charge in [0.2, 0.25) is 0 Å². The maximum Gasteiger partial charge on any atom is 0.165 e. The lowest BCUT2D eigenvalue weighted by molar-refractivity contribution is 0.112. The van der Waals surface area contributed by atoms with E-state index in [2.05, 4.69) is 15.3 Å². The Kier molecular flexibility index (Phi) is 9.16. The third kappa shape index (κ3) is 5.14. The SMILES string of the molecule is CC.CC.COc1cc2ncnc(Nc3cccc(Cl)c3F)c2cc1C=O. The molecule has 1 heterocycles. The van der Waals surface area contributed by atoms with Gasteiger partial charge < -0.3 is 10.1 Å². The highest BCUT2D eigenvalue weighted by Crippen LogP contribution is 2.30. The molecule has 2 aromatic carbocycles. The van der Waals surface area contributed by atoms with Crippen LogP contribution in [-0.4, -0.2) is 23.4 Å². The lowest BCUT2D eigenvalue weighted by Gasteiger charge is -2.11. The molecule has 0 saturated carbocycles. The molecule has 0 atom stereocenters. The summed E-state index contributed by atoms with van der Waals surface area (Å²) in [6.45, 7) is 8.00. The van der Waals surface area contributed by atoms with Crippen molar-refractivity contribution < 1.29 is 13.9 Å². The van der Waals surface area contributed by atoms with E-state index in [1.165, 1.54) is 19.5 Å². The van der Waals surface area contributed by atoms with Gasteiger partial charge in [-0.2, -0.15) is 0 Å². The first-order valence-corrected chi connectivity index (χ1v) is 9.01. The molecule has 1 aromatic heterocycles. The van der Waals surface area contributed by atoms with Crippen LogP contribution in [0.4, 0.5) is 15.9 Å². The average molecular weight is 392 g/mol. The molecule has 144 valence electrons. The number of anilines is 2. The first-order chi connectivity index (χ1) is 13.1. The number of hydrogen-bond donors (Lipinski definition) is 1. The van der Waals surface area contributed by atoms with E-state index < -0.39 is 5.82 Å². The second-order valence-electron chi connectivity index (χ2n) is 4.68. The van der Waals surface area contributed by atoms with Crippen molar-refractivity contribution in [1.82, 2.24) is 9.97 Å². The highest BCUT2D eigenvalue weighted by Gasteiger charge is 2.12. The van der Waals surface area contributed by atoms with Crippen molar-refractivity contribution in [2.24, 2.45) is 0 Å². The van der Waals surface area contributed by atoms with E-state index in [1.54, 1.807) is 24.3 Å². The molecular weight excluding hydrogens is 369 g/mol. The molecule has 0 bridgehead atoms. The van der Waals surface area contributed by atoms with E-state index in [0.29, 0.717) is 34.3 Å². The molecule has 0 unspecified atom stereocenters. The van der Waals surface area contributed by atoms with Gasteiger partial charge in [-0.1, -0.05) is 45.4 Å². The Balaban J connectivity index is 0.000000855. The van der Waals surface area contributed by atoms with Gasteiger partial charge in [0.1, 0.15) is 17.9 Å². The normalized spacial score (nSPS) is 9.44. The molecule has 0 aliphatic heterocycles. The first-order valence-electron chi connectivity index (χ1n) is 8.63. The Labute approximate surface area is 163 Å². The predicted octanol–water partition coefficient (Wildman–Crippen LogP) is 6.04. The number of rotatable bonds is 4. The molecule has 7 heteroatoms. The standard InChI is InChI=1S/C16H11ClFN3O2.2C2H6/c1-23-14-6-13-10(5-9(14)7-22)16(20-8-19-13)21-12-4-2-3-11(17)15(12)18;2*1-2/h2-8H,1H3,(H,19,20,21);2*1-2H3. The van der Waals surface area contributed by atoms with Crippen LogP contribution in [0, 0.1) is 5.82 Å². The van der Waals surface area contributed by atoms with Crippen LogP contribution in [0.5, 0.6) is 5.75 Å². The Morgan fingerprint density at radius 3 is 2.48 bits per heavy atom.